The fraction of sp³-hybridized carbons (Fsp3) is 0.533. The second-order valence-corrected chi connectivity index (χ2v) is 4.88. The molecule has 1 rings (SSSR count). The van der Waals surface area contributed by atoms with Crippen molar-refractivity contribution in [3.8, 4) is 0 Å². The molecule has 0 heterocycles. The average Bonchev–Trinajstić information content (AvgIpc) is 2.38. The minimum atomic E-state index is -0.433. The maximum atomic E-state index is 11.3. The van der Waals surface area contributed by atoms with Crippen LogP contribution in [0.25, 0.3) is 0 Å². The van der Waals surface area contributed by atoms with Gasteiger partial charge in [-0.3, -0.25) is 4.79 Å². The Morgan fingerprint density at radius 2 is 1.89 bits per heavy atom. The molecule has 18 heavy (non-hydrogen) atoms. The van der Waals surface area contributed by atoms with Crippen LogP contribution in [0, 0.1) is 0 Å². The van der Waals surface area contributed by atoms with E-state index in [0.717, 1.165) is 12.8 Å². The topological polar surface area (TPSA) is 55.1 Å². The Labute approximate surface area is 110 Å². The molecular formula is C15H24N2O. The van der Waals surface area contributed by atoms with Crippen LogP contribution in [0.5, 0.6) is 0 Å². The maximum absolute atomic E-state index is 11.3. The van der Waals surface area contributed by atoms with Gasteiger partial charge in [0.15, 0.2) is 0 Å². The number of hydrogen-bond donors (Lipinski definition) is 2. The van der Waals surface area contributed by atoms with E-state index in [-0.39, 0.29) is 5.91 Å². The quantitative estimate of drug-likeness (QED) is 0.811. The lowest BCUT2D eigenvalue weighted by atomic mass is 9.97. The normalized spacial score (nSPS) is 14.0. The van der Waals surface area contributed by atoms with Crippen molar-refractivity contribution in [1.82, 2.24) is 5.32 Å². The maximum Gasteiger partial charge on any atom is 0.236 e. The van der Waals surface area contributed by atoms with Crippen molar-refractivity contribution in [3.05, 3.63) is 35.4 Å². The highest BCUT2D eigenvalue weighted by atomic mass is 16.2. The van der Waals surface area contributed by atoms with E-state index >= 15 is 0 Å². The molecule has 1 aromatic rings. The Morgan fingerprint density at radius 1 is 1.28 bits per heavy atom. The molecule has 0 aliphatic heterocycles. The minimum absolute atomic E-state index is 0.0915. The summed E-state index contributed by atoms with van der Waals surface area (Å²) in [5, 5.41) is 2.82. The van der Waals surface area contributed by atoms with E-state index in [1.165, 1.54) is 11.1 Å². The monoisotopic (exact) mass is 248 g/mol. The summed E-state index contributed by atoms with van der Waals surface area (Å²) in [6.07, 6.45) is 2.00. The van der Waals surface area contributed by atoms with Crippen LogP contribution in [0.4, 0.5) is 0 Å². The predicted octanol–water partition coefficient (Wildman–Crippen LogP) is 2.21. The van der Waals surface area contributed by atoms with Crippen molar-refractivity contribution in [2.24, 2.45) is 5.73 Å². The van der Waals surface area contributed by atoms with Crippen molar-refractivity contribution in [3.63, 3.8) is 0 Å². The highest BCUT2D eigenvalue weighted by Crippen LogP contribution is 2.18. The van der Waals surface area contributed by atoms with E-state index < -0.39 is 6.04 Å². The highest BCUT2D eigenvalue weighted by molar-refractivity contribution is 5.80. The number of rotatable bonds is 6. The van der Waals surface area contributed by atoms with Crippen LogP contribution in [0.1, 0.15) is 44.2 Å². The number of benzene rings is 1. The second-order valence-electron chi connectivity index (χ2n) is 4.88. The van der Waals surface area contributed by atoms with Crippen LogP contribution in [0.3, 0.4) is 0 Å². The minimum Gasteiger partial charge on any atom is -0.354 e. The first-order valence-electron chi connectivity index (χ1n) is 6.66. The standard InChI is InChI=1S/C15H24N2O/c1-4-11(2)14-7-5-13(6-8-14)9-10-17-15(18)12(3)16/h5-8,11-12H,4,9-10,16H2,1-3H3,(H,17,18). The van der Waals surface area contributed by atoms with Gasteiger partial charge in [0.2, 0.25) is 5.91 Å². The molecule has 0 saturated carbocycles. The number of carbonyl (C=O) groups excluding carboxylic acids is 1. The SMILES string of the molecule is CCC(C)c1ccc(CCNC(=O)C(C)N)cc1. The lowest BCUT2D eigenvalue weighted by molar-refractivity contribution is -0.121. The van der Waals surface area contributed by atoms with E-state index in [4.69, 9.17) is 5.73 Å². The van der Waals surface area contributed by atoms with Crippen LogP contribution in [-0.2, 0) is 11.2 Å². The van der Waals surface area contributed by atoms with E-state index in [9.17, 15) is 4.79 Å². The summed E-state index contributed by atoms with van der Waals surface area (Å²) in [4.78, 5) is 11.3. The first-order chi connectivity index (χ1) is 8.54. The van der Waals surface area contributed by atoms with Gasteiger partial charge in [0, 0.05) is 6.54 Å². The third kappa shape index (κ3) is 4.49. The summed E-state index contributed by atoms with van der Waals surface area (Å²) >= 11 is 0. The molecule has 100 valence electrons. The summed E-state index contributed by atoms with van der Waals surface area (Å²) in [6, 6.07) is 8.20. The van der Waals surface area contributed by atoms with Gasteiger partial charge in [0.25, 0.3) is 0 Å². The summed E-state index contributed by atoms with van der Waals surface area (Å²) < 4.78 is 0. The van der Waals surface area contributed by atoms with Crippen molar-refractivity contribution >= 4 is 5.91 Å². The van der Waals surface area contributed by atoms with E-state index in [0.29, 0.717) is 12.5 Å². The Balaban J connectivity index is 2.42. The van der Waals surface area contributed by atoms with Crippen LogP contribution in [0.2, 0.25) is 0 Å². The zero-order chi connectivity index (χ0) is 13.5. The zero-order valence-corrected chi connectivity index (χ0v) is 11.6. The largest absolute Gasteiger partial charge is 0.354 e. The molecule has 3 nitrogen and oxygen atoms in total. The molecule has 2 unspecified atom stereocenters. The average molecular weight is 248 g/mol. The molecule has 0 radical (unpaired) electrons. The fourth-order valence-electron chi connectivity index (χ4n) is 1.74. The van der Waals surface area contributed by atoms with Gasteiger partial charge < -0.3 is 11.1 Å². The third-order valence-electron chi connectivity index (χ3n) is 3.29. The predicted molar refractivity (Wildman–Crippen MR) is 75.5 cm³/mol. The molecule has 0 aliphatic carbocycles. The van der Waals surface area contributed by atoms with E-state index in [2.05, 4.69) is 43.4 Å². The highest BCUT2D eigenvalue weighted by Gasteiger charge is 2.06. The molecule has 0 aromatic heterocycles. The van der Waals surface area contributed by atoms with Gasteiger partial charge in [0.1, 0.15) is 0 Å². The third-order valence-corrected chi connectivity index (χ3v) is 3.29. The van der Waals surface area contributed by atoms with Gasteiger partial charge in [-0.1, -0.05) is 38.1 Å². The van der Waals surface area contributed by atoms with Crippen LogP contribution in [-0.4, -0.2) is 18.5 Å². The van der Waals surface area contributed by atoms with Crippen LogP contribution < -0.4 is 11.1 Å². The zero-order valence-electron chi connectivity index (χ0n) is 11.6. The van der Waals surface area contributed by atoms with Gasteiger partial charge in [-0.2, -0.15) is 0 Å². The first-order valence-corrected chi connectivity index (χ1v) is 6.66. The van der Waals surface area contributed by atoms with E-state index in [1.54, 1.807) is 6.92 Å². The second kappa shape index (κ2) is 7.17. The molecule has 2 atom stereocenters. The van der Waals surface area contributed by atoms with Crippen molar-refractivity contribution in [1.29, 1.82) is 0 Å². The number of hydrogen-bond acceptors (Lipinski definition) is 2. The van der Waals surface area contributed by atoms with Crippen molar-refractivity contribution in [2.45, 2.75) is 45.6 Å². The summed E-state index contributed by atoms with van der Waals surface area (Å²) in [5.74, 6) is 0.517. The van der Waals surface area contributed by atoms with Crippen molar-refractivity contribution in [2.75, 3.05) is 6.54 Å². The molecule has 0 fully saturated rings. The number of amides is 1. The van der Waals surface area contributed by atoms with E-state index in [1.807, 2.05) is 0 Å². The fourth-order valence-corrected chi connectivity index (χ4v) is 1.74. The molecule has 1 aromatic carbocycles. The molecular weight excluding hydrogens is 224 g/mol. The molecule has 0 spiro atoms. The number of nitrogens with two attached hydrogens (primary N) is 1. The van der Waals surface area contributed by atoms with Gasteiger partial charge in [-0.05, 0) is 36.8 Å². The van der Waals surface area contributed by atoms with Crippen LogP contribution >= 0.6 is 0 Å². The molecule has 0 aliphatic rings. The number of nitrogens with one attached hydrogen (secondary N) is 1. The van der Waals surface area contributed by atoms with Gasteiger partial charge >= 0.3 is 0 Å². The summed E-state index contributed by atoms with van der Waals surface area (Å²) in [5.41, 5.74) is 8.09. The smallest absolute Gasteiger partial charge is 0.236 e. The lowest BCUT2D eigenvalue weighted by Crippen LogP contribution is -2.39. The Hall–Kier alpha value is -1.35. The van der Waals surface area contributed by atoms with Crippen LogP contribution in [0.15, 0.2) is 24.3 Å². The van der Waals surface area contributed by atoms with Gasteiger partial charge in [-0.15, -0.1) is 0 Å². The summed E-state index contributed by atoms with van der Waals surface area (Å²) in [6.45, 7) is 6.76. The van der Waals surface area contributed by atoms with Gasteiger partial charge in [0.05, 0.1) is 6.04 Å². The molecule has 0 saturated heterocycles. The first kappa shape index (κ1) is 14.7. The van der Waals surface area contributed by atoms with Gasteiger partial charge in [-0.25, -0.2) is 0 Å². The summed E-state index contributed by atoms with van der Waals surface area (Å²) in [7, 11) is 0. The molecule has 3 heteroatoms. The molecule has 3 N–H and O–H groups in total. The Morgan fingerprint density at radius 3 is 2.39 bits per heavy atom. The number of carbonyl (C=O) groups is 1. The van der Waals surface area contributed by atoms with Crippen molar-refractivity contribution < 1.29 is 4.79 Å². The Kier molecular flexibility index (Phi) is 5.86. The molecule has 0 bridgehead atoms. The Bertz CT molecular complexity index is 371. The molecule has 1 amide bonds. The lowest BCUT2D eigenvalue weighted by Gasteiger charge is -2.10.